The van der Waals surface area contributed by atoms with Crippen molar-refractivity contribution in [2.45, 2.75) is 25.3 Å². The monoisotopic (exact) mass is 286 g/mol. The number of carbonyl (C=O) groups excluding carboxylic acids is 1. The Bertz CT molecular complexity index is 535. The number of hydrogen-bond donors (Lipinski definition) is 1. The van der Waals surface area contributed by atoms with Crippen LogP contribution in [0.25, 0.3) is 0 Å². The van der Waals surface area contributed by atoms with Crippen molar-refractivity contribution in [1.29, 1.82) is 5.26 Å². The highest BCUT2D eigenvalue weighted by Gasteiger charge is 2.21. The second-order valence-corrected chi connectivity index (χ2v) is 5.66. The second kappa shape index (κ2) is 7.09. The lowest BCUT2D eigenvalue weighted by Gasteiger charge is -2.23. The molecule has 0 saturated carbocycles. The molecule has 2 amide bonds. The van der Waals surface area contributed by atoms with E-state index in [0.717, 1.165) is 32.4 Å². The summed E-state index contributed by atoms with van der Waals surface area (Å²) in [7, 11) is 4.18. The molecule has 0 spiro atoms. The van der Waals surface area contributed by atoms with E-state index in [1.165, 1.54) is 0 Å². The smallest absolute Gasteiger partial charge is 0.321 e. The molecule has 5 heteroatoms. The number of carbonyl (C=O) groups is 1. The van der Waals surface area contributed by atoms with E-state index in [-0.39, 0.29) is 6.03 Å². The number of nitrogens with one attached hydrogen (secondary N) is 1. The fourth-order valence-corrected chi connectivity index (χ4v) is 2.67. The van der Waals surface area contributed by atoms with Crippen LogP contribution >= 0.6 is 0 Å². The SMILES string of the molecule is CN(C)[C@H]1CCCN(C(=O)Nc2cccc(C#N)c2)CC1. The van der Waals surface area contributed by atoms with Gasteiger partial charge in [-0.1, -0.05) is 6.07 Å². The summed E-state index contributed by atoms with van der Waals surface area (Å²) in [4.78, 5) is 16.4. The van der Waals surface area contributed by atoms with Crippen LogP contribution < -0.4 is 5.32 Å². The molecule has 0 aliphatic carbocycles. The minimum atomic E-state index is -0.0792. The average Bonchev–Trinajstić information content (AvgIpc) is 2.73. The molecule has 0 unspecified atom stereocenters. The summed E-state index contributed by atoms with van der Waals surface area (Å²) >= 11 is 0. The maximum absolute atomic E-state index is 12.3. The predicted octanol–water partition coefficient (Wildman–Crippen LogP) is 2.51. The number of nitriles is 1. The molecule has 112 valence electrons. The van der Waals surface area contributed by atoms with E-state index in [4.69, 9.17) is 5.26 Å². The molecule has 1 heterocycles. The van der Waals surface area contributed by atoms with Crippen LogP contribution in [0.4, 0.5) is 10.5 Å². The summed E-state index contributed by atoms with van der Waals surface area (Å²) in [5, 5.41) is 11.8. The first-order valence-corrected chi connectivity index (χ1v) is 7.32. The first-order valence-electron chi connectivity index (χ1n) is 7.32. The number of nitrogens with zero attached hydrogens (tertiary/aromatic N) is 3. The zero-order valence-corrected chi connectivity index (χ0v) is 12.7. The van der Waals surface area contributed by atoms with Crippen LogP contribution in [-0.4, -0.2) is 49.1 Å². The summed E-state index contributed by atoms with van der Waals surface area (Å²) in [6, 6.07) is 9.54. The van der Waals surface area contributed by atoms with Crippen LogP contribution in [0.1, 0.15) is 24.8 Å². The molecule has 1 aliphatic rings. The number of amides is 2. The molecule has 1 aromatic carbocycles. The van der Waals surface area contributed by atoms with Crippen molar-refractivity contribution in [3.8, 4) is 6.07 Å². The van der Waals surface area contributed by atoms with Crippen LogP contribution in [0, 0.1) is 11.3 Å². The van der Waals surface area contributed by atoms with Gasteiger partial charge in [0, 0.05) is 24.8 Å². The van der Waals surface area contributed by atoms with Gasteiger partial charge in [-0.05, 0) is 51.6 Å². The lowest BCUT2D eigenvalue weighted by molar-refractivity contribution is 0.210. The Balaban J connectivity index is 1.95. The van der Waals surface area contributed by atoms with Gasteiger partial charge >= 0.3 is 6.03 Å². The van der Waals surface area contributed by atoms with Crippen molar-refractivity contribution >= 4 is 11.7 Å². The molecule has 0 bridgehead atoms. The predicted molar refractivity (Wildman–Crippen MR) is 83.1 cm³/mol. The van der Waals surface area contributed by atoms with Gasteiger partial charge in [0.25, 0.3) is 0 Å². The Kier molecular flexibility index (Phi) is 5.18. The topological polar surface area (TPSA) is 59.4 Å². The summed E-state index contributed by atoms with van der Waals surface area (Å²) in [6.45, 7) is 1.56. The Morgan fingerprint density at radius 2 is 2.19 bits per heavy atom. The number of urea groups is 1. The Labute approximate surface area is 126 Å². The van der Waals surface area contributed by atoms with Crippen molar-refractivity contribution in [3.63, 3.8) is 0 Å². The van der Waals surface area contributed by atoms with E-state index in [1.54, 1.807) is 24.3 Å². The van der Waals surface area contributed by atoms with E-state index in [9.17, 15) is 4.79 Å². The Morgan fingerprint density at radius 3 is 2.90 bits per heavy atom. The van der Waals surface area contributed by atoms with Gasteiger partial charge in [-0.3, -0.25) is 0 Å². The molecule has 1 fully saturated rings. The van der Waals surface area contributed by atoms with Gasteiger partial charge in [-0.15, -0.1) is 0 Å². The molecule has 0 radical (unpaired) electrons. The van der Waals surface area contributed by atoms with Gasteiger partial charge in [-0.25, -0.2) is 4.79 Å². The van der Waals surface area contributed by atoms with Crippen molar-refractivity contribution in [2.24, 2.45) is 0 Å². The molecule has 1 saturated heterocycles. The van der Waals surface area contributed by atoms with E-state index in [2.05, 4.69) is 30.4 Å². The largest absolute Gasteiger partial charge is 0.324 e. The summed E-state index contributed by atoms with van der Waals surface area (Å²) in [6.07, 6.45) is 3.15. The molecule has 1 atom stereocenters. The van der Waals surface area contributed by atoms with Crippen molar-refractivity contribution in [3.05, 3.63) is 29.8 Å². The number of anilines is 1. The van der Waals surface area contributed by atoms with E-state index in [1.807, 2.05) is 4.90 Å². The van der Waals surface area contributed by atoms with E-state index in [0.29, 0.717) is 17.3 Å². The first kappa shape index (κ1) is 15.3. The third-order valence-electron chi connectivity index (χ3n) is 3.96. The molecule has 1 aromatic rings. The number of hydrogen-bond acceptors (Lipinski definition) is 3. The molecule has 1 aliphatic heterocycles. The first-order chi connectivity index (χ1) is 10.1. The maximum atomic E-state index is 12.3. The zero-order chi connectivity index (χ0) is 15.2. The zero-order valence-electron chi connectivity index (χ0n) is 12.7. The molecular weight excluding hydrogens is 264 g/mol. The van der Waals surface area contributed by atoms with E-state index < -0.39 is 0 Å². The summed E-state index contributed by atoms with van der Waals surface area (Å²) in [5.41, 5.74) is 1.23. The van der Waals surface area contributed by atoms with Gasteiger partial charge in [0.15, 0.2) is 0 Å². The van der Waals surface area contributed by atoms with Crippen molar-refractivity contribution in [2.75, 3.05) is 32.5 Å². The van der Waals surface area contributed by atoms with Gasteiger partial charge in [0.2, 0.25) is 0 Å². The van der Waals surface area contributed by atoms with Gasteiger partial charge < -0.3 is 15.1 Å². The highest BCUT2D eigenvalue weighted by Crippen LogP contribution is 2.16. The number of likely N-dealkylation sites (tertiary alicyclic amines) is 1. The Morgan fingerprint density at radius 1 is 1.38 bits per heavy atom. The van der Waals surface area contributed by atoms with Gasteiger partial charge in [-0.2, -0.15) is 5.26 Å². The molecule has 5 nitrogen and oxygen atoms in total. The quantitative estimate of drug-likeness (QED) is 0.908. The summed E-state index contributed by atoms with van der Waals surface area (Å²) < 4.78 is 0. The molecular formula is C16H22N4O. The highest BCUT2D eigenvalue weighted by molar-refractivity contribution is 5.89. The standard InChI is InChI=1S/C16H22N4O/c1-19(2)15-7-4-9-20(10-8-15)16(21)18-14-6-3-5-13(11-14)12-17/h3,5-6,11,15H,4,7-10H2,1-2H3,(H,18,21)/t15-/m0/s1. The fraction of sp³-hybridized carbons (Fsp3) is 0.500. The molecule has 1 N–H and O–H groups in total. The minimum absolute atomic E-state index is 0.0792. The van der Waals surface area contributed by atoms with Crippen molar-refractivity contribution in [1.82, 2.24) is 9.80 Å². The van der Waals surface area contributed by atoms with E-state index >= 15 is 0 Å². The van der Waals surface area contributed by atoms with Crippen LogP contribution in [0.2, 0.25) is 0 Å². The van der Waals surface area contributed by atoms with Crippen molar-refractivity contribution < 1.29 is 4.79 Å². The highest BCUT2D eigenvalue weighted by atomic mass is 16.2. The maximum Gasteiger partial charge on any atom is 0.321 e. The Hall–Kier alpha value is -2.06. The van der Waals surface area contributed by atoms with Gasteiger partial charge in [0.05, 0.1) is 11.6 Å². The number of rotatable bonds is 2. The normalized spacial score (nSPS) is 19.0. The molecule has 2 rings (SSSR count). The van der Waals surface area contributed by atoms with Gasteiger partial charge in [0.1, 0.15) is 0 Å². The van der Waals surface area contributed by atoms with Crippen LogP contribution in [0.3, 0.4) is 0 Å². The lowest BCUT2D eigenvalue weighted by Crippen LogP contribution is -2.36. The van der Waals surface area contributed by atoms with Crippen LogP contribution in [-0.2, 0) is 0 Å². The number of benzene rings is 1. The molecule has 21 heavy (non-hydrogen) atoms. The molecule has 0 aromatic heterocycles. The second-order valence-electron chi connectivity index (χ2n) is 5.66. The van der Waals surface area contributed by atoms with Crippen LogP contribution in [0.15, 0.2) is 24.3 Å². The average molecular weight is 286 g/mol. The minimum Gasteiger partial charge on any atom is -0.324 e. The third kappa shape index (κ3) is 4.20. The lowest BCUT2D eigenvalue weighted by atomic mass is 10.1. The van der Waals surface area contributed by atoms with Crippen LogP contribution in [0.5, 0.6) is 0 Å². The summed E-state index contributed by atoms with van der Waals surface area (Å²) in [5.74, 6) is 0. The third-order valence-corrected chi connectivity index (χ3v) is 3.96. The fourth-order valence-electron chi connectivity index (χ4n) is 2.67.